The third-order valence-corrected chi connectivity index (χ3v) is 2.97. The summed E-state index contributed by atoms with van der Waals surface area (Å²) in [7, 11) is 0. The number of aliphatic hydroxyl groups is 2. The molecule has 0 unspecified atom stereocenters. The van der Waals surface area contributed by atoms with Crippen LogP contribution in [-0.2, 0) is 11.3 Å². The molecule has 0 aromatic heterocycles. The van der Waals surface area contributed by atoms with Crippen LogP contribution in [-0.4, -0.2) is 29.0 Å². The maximum absolute atomic E-state index is 9.81. The molecule has 0 spiro atoms. The van der Waals surface area contributed by atoms with Gasteiger partial charge in [0.05, 0.1) is 25.4 Å². The molecule has 0 heterocycles. The highest BCUT2D eigenvalue weighted by atomic mass is 16.5. The van der Waals surface area contributed by atoms with Gasteiger partial charge in [0, 0.05) is 0 Å². The van der Waals surface area contributed by atoms with Gasteiger partial charge in [0.25, 0.3) is 0 Å². The molecule has 0 aliphatic heterocycles. The monoisotopic (exact) mass is 290 g/mol. The topological polar surface area (TPSA) is 49.7 Å². The van der Waals surface area contributed by atoms with Crippen molar-refractivity contribution < 1.29 is 14.9 Å². The molecule has 0 amide bonds. The lowest BCUT2D eigenvalue weighted by Crippen LogP contribution is -2.14. The van der Waals surface area contributed by atoms with Crippen LogP contribution in [0.5, 0.6) is 0 Å². The molecule has 0 saturated carbocycles. The van der Waals surface area contributed by atoms with Crippen molar-refractivity contribution in [2.24, 2.45) is 0 Å². The molecular formula is C18H26O3. The van der Waals surface area contributed by atoms with E-state index in [4.69, 9.17) is 9.84 Å². The number of hydrogen-bond acceptors (Lipinski definition) is 3. The van der Waals surface area contributed by atoms with Crippen LogP contribution in [0.25, 0.3) is 0 Å². The minimum absolute atomic E-state index is 0.376. The van der Waals surface area contributed by atoms with Gasteiger partial charge in [0.15, 0.2) is 0 Å². The molecule has 2 atom stereocenters. The van der Waals surface area contributed by atoms with E-state index in [0.717, 1.165) is 24.8 Å². The number of aliphatic hydroxyl groups excluding tert-OH is 2. The molecule has 21 heavy (non-hydrogen) atoms. The van der Waals surface area contributed by atoms with E-state index in [0.29, 0.717) is 13.2 Å². The largest absolute Gasteiger partial charge is 0.391 e. The molecule has 1 rings (SSSR count). The second-order valence-electron chi connectivity index (χ2n) is 5.14. The van der Waals surface area contributed by atoms with E-state index in [9.17, 15) is 5.11 Å². The Morgan fingerprint density at radius 2 is 1.90 bits per heavy atom. The maximum atomic E-state index is 9.81. The van der Waals surface area contributed by atoms with Crippen molar-refractivity contribution in [1.29, 1.82) is 0 Å². The first-order valence-corrected chi connectivity index (χ1v) is 7.49. The van der Waals surface area contributed by atoms with E-state index in [1.165, 1.54) is 0 Å². The number of unbranched alkanes of at least 4 members (excludes halogenated alkanes) is 1. The smallest absolute Gasteiger partial charge is 0.0774 e. The Morgan fingerprint density at radius 1 is 1.14 bits per heavy atom. The average Bonchev–Trinajstić information content (AvgIpc) is 2.47. The highest BCUT2D eigenvalue weighted by Gasteiger charge is 2.03. The van der Waals surface area contributed by atoms with Gasteiger partial charge >= 0.3 is 0 Å². The number of ether oxygens (including phenoxy) is 1. The van der Waals surface area contributed by atoms with E-state index in [1.807, 2.05) is 48.6 Å². The molecular weight excluding hydrogens is 264 g/mol. The zero-order valence-electron chi connectivity index (χ0n) is 12.7. The van der Waals surface area contributed by atoms with Crippen molar-refractivity contribution in [2.45, 2.75) is 45.0 Å². The Labute approximate surface area is 127 Å². The van der Waals surface area contributed by atoms with Gasteiger partial charge in [0.1, 0.15) is 0 Å². The Bertz CT molecular complexity index is 410. The number of benzene rings is 1. The van der Waals surface area contributed by atoms with Crippen molar-refractivity contribution in [1.82, 2.24) is 0 Å². The highest BCUT2D eigenvalue weighted by molar-refractivity contribution is 5.13. The van der Waals surface area contributed by atoms with E-state index in [1.54, 1.807) is 13.0 Å². The fourth-order valence-electron chi connectivity index (χ4n) is 1.84. The fraction of sp³-hybridized carbons (Fsp3) is 0.444. The van der Waals surface area contributed by atoms with Gasteiger partial charge < -0.3 is 14.9 Å². The van der Waals surface area contributed by atoms with Crippen LogP contribution in [0.1, 0.15) is 31.7 Å². The second-order valence-corrected chi connectivity index (χ2v) is 5.14. The van der Waals surface area contributed by atoms with Crippen LogP contribution in [0.15, 0.2) is 54.6 Å². The van der Waals surface area contributed by atoms with Crippen LogP contribution in [0.4, 0.5) is 0 Å². The summed E-state index contributed by atoms with van der Waals surface area (Å²) >= 11 is 0. The van der Waals surface area contributed by atoms with E-state index >= 15 is 0 Å². The standard InChI is InChI=1S/C18H26O3/c1-16(19)10-6-3-2-4-9-13-18(20)15-21-14-17-11-7-5-8-12-17/h2-3,5-8,10-12,16,18-20H,4,9,13-15H2,1H3/b3-2+,10-6+/t16-,18-/m0/s1. The maximum Gasteiger partial charge on any atom is 0.0774 e. The zero-order chi connectivity index (χ0) is 15.3. The normalized spacial score (nSPS) is 14.8. The van der Waals surface area contributed by atoms with E-state index < -0.39 is 12.2 Å². The van der Waals surface area contributed by atoms with Crippen LogP contribution >= 0.6 is 0 Å². The SMILES string of the molecule is C[C@H](O)/C=C/C=C/CCC[C@H](O)COCc1ccccc1. The highest BCUT2D eigenvalue weighted by Crippen LogP contribution is 2.05. The molecule has 116 valence electrons. The summed E-state index contributed by atoms with van der Waals surface area (Å²) in [6.45, 7) is 2.64. The predicted octanol–water partition coefficient (Wildman–Crippen LogP) is 3.23. The van der Waals surface area contributed by atoms with E-state index in [2.05, 4.69) is 0 Å². The summed E-state index contributed by atoms with van der Waals surface area (Å²) in [5.41, 5.74) is 1.12. The minimum Gasteiger partial charge on any atom is -0.391 e. The van der Waals surface area contributed by atoms with Crippen molar-refractivity contribution in [3.05, 3.63) is 60.2 Å². The van der Waals surface area contributed by atoms with Gasteiger partial charge in [0.2, 0.25) is 0 Å². The lowest BCUT2D eigenvalue weighted by Gasteiger charge is -2.10. The Kier molecular flexibility index (Phi) is 9.46. The number of rotatable bonds is 10. The zero-order valence-corrected chi connectivity index (χ0v) is 12.7. The van der Waals surface area contributed by atoms with Crippen LogP contribution in [0.3, 0.4) is 0 Å². The molecule has 1 aromatic rings. The van der Waals surface area contributed by atoms with Crippen LogP contribution in [0, 0.1) is 0 Å². The third-order valence-electron chi connectivity index (χ3n) is 2.97. The van der Waals surface area contributed by atoms with Crippen molar-refractivity contribution in [3.63, 3.8) is 0 Å². The predicted molar refractivity (Wildman–Crippen MR) is 85.9 cm³/mol. The second kappa shape index (κ2) is 11.3. The summed E-state index contributed by atoms with van der Waals surface area (Å²) in [4.78, 5) is 0. The third kappa shape index (κ3) is 10.0. The fourth-order valence-corrected chi connectivity index (χ4v) is 1.84. The first kappa shape index (κ1) is 17.6. The molecule has 0 saturated heterocycles. The Morgan fingerprint density at radius 3 is 2.62 bits per heavy atom. The Balaban J connectivity index is 2.02. The lowest BCUT2D eigenvalue weighted by molar-refractivity contribution is 0.0238. The van der Waals surface area contributed by atoms with Gasteiger partial charge in [-0.25, -0.2) is 0 Å². The van der Waals surface area contributed by atoms with Crippen LogP contribution < -0.4 is 0 Å². The van der Waals surface area contributed by atoms with Crippen molar-refractivity contribution in [3.8, 4) is 0 Å². The van der Waals surface area contributed by atoms with Gasteiger partial charge in [-0.05, 0) is 31.7 Å². The number of hydrogen-bond donors (Lipinski definition) is 2. The molecule has 3 heteroatoms. The molecule has 0 aliphatic rings. The molecule has 0 aliphatic carbocycles. The van der Waals surface area contributed by atoms with Crippen LogP contribution in [0.2, 0.25) is 0 Å². The average molecular weight is 290 g/mol. The quantitative estimate of drug-likeness (QED) is 0.514. The first-order chi connectivity index (χ1) is 10.2. The van der Waals surface area contributed by atoms with Gasteiger partial charge in [-0.3, -0.25) is 0 Å². The summed E-state index contributed by atoms with van der Waals surface area (Å²) in [6, 6.07) is 9.96. The molecule has 1 aromatic carbocycles. The molecule has 0 fully saturated rings. The first-order valence-electron chi connectivity index (χ1n) is 7.49. The minimum atomic E-state index is -0.407. The molecule has 0 radical (unpaired) electrons. The van der Waals surface area contributed by atoms with Gasteiger partial charge in [-0.15, -0.1) is 0 Å². The molecule has 2 N–H and O–H groups in total. The van der Waals surface area contributed by atoms with Gasteiger partial charge in [-0.1, -0.05) is 54.6 Å². The lowest BCUT2D eigenvalue weighted by atomic mass is 10.1. The molecule has 3 nitrogen and oxygen atoms in total. The van der Waals surface area contributed by atoms with Gasteiger partial charge in [-0.2, -0.15) is 0 Å². The summed E-state index contributed by atoms with van der Waals surface area (Å²) < 4.78 is 5.50. The molecule has 0 bridgehead atoms. The van der Waals surface area contributed by atoms with Crippen molar-refractivity contribution >= 4 is 0 Å². The summed E-state index contributed by atoms with van der Waals surface area (Å²) in [5.74, 6) is 0. The number of allylic oxidation sites excluding steroid dienone is 3. The Hall–Kier alpha value is -1.42. The summed E-state index contributed by atoms with van der Waals surface area (Å²) in [6.07, 6.45) is 9.29. The van der Waals surface area contributed by atoms with E-state index in [-0.39, 0.29) is 0 Å². The summed E-state index contributed by atoms with van der Waals surface area (Å²) in [5, 5.41) is 18.8. The van der Waals surface area contributed by atoms with Crippen molar-refractivity contribution in [2.75, 3.05) is 6.61 Å².